The Balaban J connectivity index is 1.26. The fourth-order valence-corrected chi connectivity index (χ4v) is 7.40. The molecule has 3 N–H and O–H groups in total. The van der Waals surface area contributed by atoms with Crippen LogP contribution in [0.25, 0.3) is 0 Å². The number of carbonyl (C=O) groups is 3. The van der Waals surface area contributed by atoms with Gasteiger partial charge in [-0.2, -0.15) is 0 Å². The second-order valence-electron chi connectivity index (χ2n) is 13.1. The summed E-state index contributed by atoms with van der Waals surface area (Å²) in [6.45, 7) is 4.68. The molecule has 4 aromatic rings. The monoisotopic (exact) mass is 718 g/mol. The summed E-state index contributed by atoms with van der Waals surface area (Å²) < 4.78 is 5.48. The van der Waals surface area contributed by atoms with E-state index in [0.717, 1.165) is 26.7 Å². The molecule has 13 heteroatoms. The normalized spacial score (nSPS) is 16.9. The number of aromatic nitrogens is 2. The number of amides is 4. The van der Waals surface area contributed by atoms with Crippen molar-refractivity contribution in [2.75, 3.05) is 13.6 Å². The number of urea groups is 1. The zero-order valence-electron chi connectivity index (χ0n) is 28.7. The van der Waals surface area contributed by atoms with Gasteiger partial charge in [0.25, 0.3) is 0 Å². The van der Waals surface area contributed by atoms with Gasteiger partial charge in [-0.15, -0.1) is 22.7 Å². The number of aliphatic hydroxyl groups is 1. The maximum Gasteiger partial charge on any atom is 0.407 e. The number of rotatable bonds is 15. The van der Waals surface area contributed by atoms with Crippen LogP contribution in [-0.2, 0) is 35.5 Å². The molecule has 4 atom stereocenters. The van der Waals surface area contributed by atoms with Crippen molar-refractivity contribution in [1.82, 2.24) is 30.4 Å². The minimum Gasteiger partial charge on any atom is -0.444 e. The van der Waals surface area contributed by atoms with E-state index >= 15 is 0 Å². The summed E-state index contributed by atoms with van der Waals surface area (Å²) in [4.78, 5) is 53.0. The lowest BCUT2D eigenvalue weighted by Crippen LogP contribution is -2.52. The first-order valence-corrected chi connectivity index (χ1v) is 18.7. The van der Waals surface area contributed by atoms with Crippen molar-refractivity contribution in [1.29, 1.82) is 0 Å². The highest BCUT2D eigenvalue weighted by atomic mass is 32.1. The lowest BCUT2D eigenvalue weighted by Gasteiger charge is -2.30. The van der Waals surface area contributed by atoms with Crippen LogP contribution in [0.1, 0.15) is 65.7 Å². The average molecular weight is 719 g/mol. The number of hydrogen-bond donors (Lipinski definition) is 3. The first-order valence-electron chi connectivity index (χ1n) is 17.0. The maximum absolute atomic E-state index is 13.9. The van der Waals surface area contributed by atoms with E-state index in [4.69, 9.17) is 4.74 Å². The van der Waals surface area contributed by atoms with E-state index in [0.29, 0.717) is 38.1 Å². The molecule has 5 rings (SSSR count). The molecular weight excluding hydrogens is 673 g/mol. The molecule has 11 nitrogen and oxygen atoms in total. The molecule has 1 aliphatic heterocycles. The molecule has 1 saturated heterocycles. The van der Waals surface area contributed by atoms with Crippen molar-refractivity contribution in [2.45, 2.75) is 89.3 Å². The van der Waals surface area contributed by atoms with Crippen LogP contribution in [0.5, 0.6) is 0 Å². The van der Waals surface area contributed by atoms with E-state index in [2.05, 4.69) is 34.4 Å². The highest BCUT2D eigenvalue weighted by molar-refractivity contribution is 7.09. The number of hydrogen-bond acceptors (Lipinski definition) is 9. The Kier molecular flexibility index (Phi) is 13.3. The number of ether oxygens (including phenoxy) is 1. The molecule has 3 heterocycles. The summed E-state index contributed by atoms with van der Waals surface area (Å²) in [6.07, 6.45) is 2.77. The topological polar surface area (TPSA) is 137 Å². The number of likely N-dealkylation sites (tertiary alicyclic amines) is 1. The highest BCUT2D eigenvalue weighted by Crippen LogP contribution is 2.24. The molecule has 0 bridgehead atoms. The molecule has 0 spiro atoms. The molecule has 0 aliphatic carbocycles. The van der Waals surface area contributed by atoms with Gasteiger partial charge in [-0.25, -0.2) is 14.6 Å². The number of carbonyl (C=O) groups excluding carboxylic acids is 3. The number of β-amino-alcohol motifs (C(OH)–C–C–N with tert-alkyl or cyclic N) is 1. The van der Waals surface area contributed by atoms with E-state index in [-0.39, 0.29) is 43.6 Å². The van der Waals surface area contributed by atoms with Crippen molar-refractivity contribution in [2.24, 2.45) is 0 Å². The smallest absolute Gasteiger partial charge is 0.407 e. The molecule has 0 unspecified atom stereocenters. The lowest BCUT2D eigenvalue weighted by molar-refractivity contribution is -0.125. The minimum atomic E-state index is -0.820. The van der Waals surface area contributed by atoms with E-state index in [1.54, 1.807) is 35.0 Å². The molecule has 0 saturated carbocycles. The highest BCUT2D eigenvalue weighted by Gasteiger charge is 2.40. The Hall–Kier alpha value is -4.33. The van der Waals surface area contributed by atoms with E-state index in [9.17, 15) is 19.5 Å². The van der Waals surface area contributed by atoms with Crippen molar-refractivity contribution in [3.8, 4) is 0 Å². The standard InChI is InChI=1S/C37H46N6O5S2/c1-25(2)35-40-30(23-49-35)20-42(3)37(47)43-21-31(44)18-33(43)34(45)39-28(16-26-10-6-4-7-11-26)14-15-29(17-27-12-8-5-9-13-27)41-36(46)48-22-32-19-38-24-50-32/h4-13,19,23-25,28-29,31,33,44H,14-18,20-22H2,1-3H3,(H,39,45)(H,41,46)/t28-,29-,31-,33+/m1/s1. The van der Waals surface area contributed by atoms with Gasteiger partial charge in [0.15, 0.2) is 0 Å². The Bertz CT molecular complexity index is 1650. The Labute approximate surface area is 301 Å². The molecule has 0 radical (unpaired) electrons. The number of nitrogens with zero attached hydrogens (tertiary/aromatic N) is 4. The SMILES string of the molecule is CC(C)c1nc(CN(C)C(=O)N2C[C@H](O)C[C@H]2C(=O)N[C@H](CC[C@H](Cc2ccccc2)NC(=O)OCc2cncs2)Cc2ccccc2)cs1. The molecule has 2 aromatic carbocycles. The predicted molar refractivity (Wildman–Crippen MR) is 195 cm³/mol. The second kappa shape index (κ2) is 18.1. The number of thiazole rings is 2. The summed E-state index contributed by atoms with van der Waals surface area (Å²) >= 11 is 2.99. The van der Waals surface area contributed by atoms with Gasteiger partial charge < -0.3 is 30.3 Å². The van der Waals surface area contributed by atoms with Gasteiger partial charge in [0, 0.05) is 49.6 Å². The van der Waals surface area contributed by atoms with Crippen molar-refractivity contribution < 1.29 is 24.2 Å². The first-order chi connectivity index (χ1) is 24.1. The maximum atomic E-state index is 13.9. The quantitative estimate of drug-likeness (QED) is 0.142. The first kappa shape index (κ1) is 36.9. The molecule has 2 aromatic heterocycles. The van der Waals surface area contributed by atoms with Gasteiger partial charge in [-0.05, 0) is 36.8 Å². The molecule has 1 aliphatic rings. The van der Waals surface area contributed by atoms with Crippen LogP contribution in [0.15, 0.2) is 77.8 Å². The van der Waals surface area contributed by atoms with Gasteiger partial charge in [-0.3, -0.25) is 9.78 Å². The van der Waals surface area contributed by atoms with E-state index in [1.165, 1.54) is 16.2 Å². The zero-order chi connectivity index (χ0) is 35.5. The predicted octanol–water partition coefficient (Wildman–Crippen LogP) is 5.76. The van der Waals surface area contributed by atoms with Crippen LogP contribution in [0.4, 0.5) is 9.59 Å². The fourth-order valence-electron chi connectivity index (χ4n) is 6.07. The van der Waals surface area contributed by atoms with Crippen LogP contribution in [-0.4, -0.2) is 80.7 Å². The third kappa shape index (κ3) is 10.8. The largest absolute Gasteiger partial charge is 0.444 e. The molecule has 266 valence electrons. The van der Waals surface area contributed by atoms with E-state index in [1.807, 2.05) is 66.0 Å². The third-order valence-corrected chi connectivity index (χ3v) is 10.6. The van der Waals surface area contributed by atoms with Crippen molar-refractivity contribution >= 4 is 40.7 Å². The summed E-state index contributed by atoms with van der Waals surface area (Å²) in [6, 6.07) is 18.1. The van der Waals surface area contributed by atoms with Crippen LogP contribution in [0.3, 0.4) is 0 Å². The molecule has 50 heavy (non-hydrogen) atoms. The third-order valence-electron chi connectivity index (χ3n) is 8.63. The lowest BCUT2D eigenvalue weighted by atomic mass is 9.95. The Morgan fingerprint density at radius 1 is 0.980 bits per heavy atom. The van der Waals surface area contributed by atoms with Crippen molar-refractivity contribution in [3.05, 3.63) is 104 Å². The summed E-state index contributed by atoms with van der Waals surface area (Å²) in [7, 11) is 1.69. The molecular formula is C37H46N6O5S2. The van der Waals surface area contributed by atoms with E-state index < -0.39 is 18.2 Å². The van der Waals surface area contributed by atoms with Crippen LogP contribution >= 0.6 is 22.7 Å². The number of benzene rings is 2. The fraction of sp³-hybridized carbons (Fsp3) is 0.432. The zero-order valence-corrected chi connectivity index (χ0v) is 30.4. The van der Waals surface area contributed by atoms with Crippen molar-refractivity contribution in [3.63, 3.8) is 0 Å². The number of alkyl carbamates (subject to hydrolysis) is 1. The average Bonchev–Trinajstić information content (AvgIpc) is 3.89. The Morgan fingerprint density at radius 2 is 1.62 bits per heavy atom. The van der Waals surface area contributed by atoms with Gasteiger partial charge in [0.2, 0.25) is 5.91 Å². The summed E-state index contributed by atoms with van der Waals surface area (Å²) in [5.41, 5.74) is 4.61. The van der Waals surface area contributed by atoms with Gasteiger partial charge in [0.1, 0.15) is 12.6 Å². The van der Waals surface area contributed by atoms with Crippen LogP contribution in [0.2, 0.25) is 0 Å². The van der Waals surface area contributed by atoms with Crippen LogP contribution in [0, 0.1) is 0 Å². The van der Waals surface area contributed by atoms with Gasteiger partial charge in [0.05, 0.1) is 33.7 Å². The van der Waals surface area contributed by atoms with Gasteiger partial charge >= 0.3 is 12.1 Å². The van der Waals surface area contributed by atoms with Gasteiger partial charge in [-0.1, -0.05) is 74.5 Å². The Morgan fingerprint density at radius 3 is 2.20 bits per heavy atom. The molecule has 1 fully saturated rings. The molecule has 4 amide bonds. The summed E-state index contributed by atoms with van der Waals surface area (Å²) in [5.74, 6) is -0.00990. The van der Waals surface area contributed by atoms with Crippen LogP contribution < -0.4 is 10.6 Å². The number of nitrogens with one attached hydrogen (secondary N) is 2. The minimum absolute atomic E-state index is 0.0750. The summed E-state index contributed by atoms with van der Waals surface area (Å²) in [5, 5.41) is 19.8. The second-order valence-corrected chi connectivity index (χ2v) is 14.9. The number of aliphatic hydroxyl groups excluding tert-OH is 1.